The van der Waals surface area contributed by atoms with Crippen molar-refractivity contribution in [1.29, 1.82) is 0 Å². The van der Waals surface area contributed by atoms with E-state index < -0.39 is 10.0 Å². The molecule has 0 atom stereocenters. The summed E-state index contributed by atoms with van der Waals surface area (Å²) in [6.07, 6.45) is 0.243. The molecule has 23 heavy (non-hydrogen) atoms. The minimum absolute atomic E-state index is 0.0232. The lowest BCUT2D eigenvalue weighted by atomic mass is 10.2. The summed E-state index contributed by atoms with van der Waals surface area (Å²) < 4.78 is 27.3. The zero-order valence-corrected chi connectivity index (χ0v) is 13.9. The predicted molar refractivity (Wildman–Crippen MR) is 90.2 cm³/mol. The topological polar surface area (TPSA) is 57.7 Å². The molecule has 0 radical (unpaired) electrons. The largest absolute Gasteiger partial charge is 0.315 e. The van der Waals surface area contributed by atoms with Gasteiger partial charge in [0, 0.05) is 19.3 Å². The number of carbonyl (C=O) groups excluding carboxylic acids is 1. The van der Waals surface area contributed by atoms with Crippen LogP contribution in [0.1, 0.15) is 12.5 Å². The van der Waals surface area contributed by atoms with Gasteiger partial charge in [0.05, 0.1) is 17.0 Å². The molecule has 1 heterocycles. The molecule has 2 aromatic rings. The van der Waals surface area contributed by atoms with E-state index in [-0.39, 0.29) is 17.2 Å². The van der Waals surface area contributed by atoms with Gasteiger partial charge in [-0.2, -0.15) is 0 Å². The summed E-state index contributed by atoms with van der Waals surface area (Å²) in [5.74, 6) is -0.0232. The molecule has 6 heteroatoms. The van der Waals surface area contributed by atoms with Crippen molar-refractivity contribution in [1.82, 2.24) is 0 Å². The Labute approximate surface area is 136 Å². The fourth-order valence-corrected chi connectivity index (χ4v) is 4.34. The molecule has 3 rings (SSSR count). The number of rotatable bonds is 4. The molecular formula is C17H18N2O3S. The summed E-state index contributed by atoms with van der Waals surface area (Å²) in [5, 5.41) is 0. The van der Waals surface area contributed by atoms with Crippen molar-refractivity contribution in [2.45, 2.75) is 18.2 Å². The number of para-hydroxylation sites is 1. The minimum Gasteiger partial charge on any atom is -0.315 e. The first kappa shape index (κ1) is 15.6. The van der Waals surface area contributed by atoms with Gasteiger partial charge in [0.1, 0.15) is 0 Å². The Morgan fingerprint density at radius 2 is 1.83 bits per heavy atom. The molecule has 0 fully saturated rings. The first-order valence-electron chi connectivity index (χ1n) is 7.42. The Kier molecular flexibility index (Phi) is 3.85. The van der Waals surface area contributed by atoms with Crippen LogP contribution in [0.5, 0.6) is 0 Å². The van der Waals surface area contributed by atoms with Gasteiger partial charge in [0.2, 0.25) is 5.91 Å². The molecule has 0 spiro atoms. The summed E-state index contributed by atoms with van der Waals surface area (Å²) in [7, 11) is -1.96. The highest BCUT2D eigenvalue weighted by Gasteiger charge is 2.28. The number of carbonyl (C=O) groups is 1. The highest BCUT2D eigenvalue weighted by molar-refractivity contribution is 7.92. The van der Waals surface area contributed by atoms with Gasteiger partial charge in [-0.05, 0) is 42.8 Å². The number of benzene rings is 2. The van der Waals surface area contributed by atoms with Gasteiger partial charge in [-0.25, -0.2) is 8.42 Å². The Morgan fingerprint density at radius 1 is 1.13 bits per heavy atom. The summed E-state index contributed by atoms with van der Waals surface area (Å²) >= 11 is 0. The Hall–Kier alpha value is -2.34. The Bertz CT molecular complexity index is 847. The maximum absolute atomic E-state index is 13.0. The van der Waals surface area contributed by atoms with Gasteiger partial charge in [0.15, 0.2) is 0 Å². The van der Waals surface area contributed by atoms with Crippen molar-refractivity contribution in [3.05, 3.63) is 54.1 Å². The van der Waals surface area contributed by atoms with Crippen LogP contribution < -0.4 is 9.21 Å². The van der Waals surface area contributed by atoms with Crippen LogP contribution in [0.15, 0.2) is 53.4 Å². The number of sulfonamides is 1. The van der Waals surface area contributed by atoms with E-state index in [4.69, 9.17) is 0 Å². The van der Waals surface area contributed by atoms with Crippen LogP contribution in [0.25, 0.3) is 0 Å². The van der Waals surface area contributed by atoms with E-state index in [9.17, 15) is 13.2 Å². The van der Waals surface area contributed by atoms with Gasteiger partial charge < -0.3 is 4.90 Å². The van der Waals surface area contributed by atoms with E-state index in [2.05, 4.69) is 0 Å². The van der Waals surface area contributed by atoms with E-state index in [0.717, 1.165) is 11.3 Å². The second kappa shape index (κ2) is 5.70. The standard InChI is InChI=1S/C17H18N2O3S/c1-3-19(14-7-5-4-6-8-14)23(21,22)15-9-10-16-13(11-15)12-17(20)18(16)2/h4-11H,3,12H2,1-2H3. The third-order valence-electron chi connectivity index (χ3n) is 4.05. The van der Waals surface area contributed by atoms with E-state index >= 15 is 0 Å². The maximum Gasteiger partial charge on any atom is 0.264 e. The molecule has 5 nitrogen and oxygen atoms in total. The molecule has 0 aromatic heterocycles. The fourth-order valence-electron chi connectivity index (χ4n) is 2.82. The number of fused-ring (bicyclic) bond motifs is 1. The van der Waals surface area contributed by atoms with Crippen molar-refractivity contribution in [2.24, 2.45) is 0 Å². The van der Waals surface area contributed by atoms with Crippen LogP contribution in [-0.2, 0) is 21.2 Å². The lowest BCUT2D eigenvalue weighted by Crippen LogP contribution is -2.30. The maximum atomic E-state index is 13.0. The SMILES string of the molecule is CCN(c1ccccc1)S(=O)(=O)c1ccc2c(c1)CC(=O)N2C. The number of amides is 1. The molecule has 0 unspecified atom stereocenters. The van der Waals surface area contributed by atoms with Crippen LogP contribution in [0.3, 0.4) is 0 Å². The lowest BCUT2D eigenvalue weighted by molar-refractivity contribution is -0.117. The third-order valence-corrected chi connectivity index (χ3v) is 5.95. The van der Waals surface area contributed by atoms with Crippen LogP contribution in [0.4, 0.5) is 11.4 Å². The summed E-state index contributed by atoms with van der Waals surface area (Å²) in [6, 6.07) is 13.9. The monoisotopic (exact) mass is 330 g/mol. The predicted octanol–water partition coefficient (Wildman–Crippen LogP) is 2.42. The van der Waals surface area contributed by atoms with Crippen molar-refractivity contribution >= 4 is 27.3 Å². The van der Waals surface area contributed by atoms with Gasteiger partial charge in [0.25, 0.3) is 10.0 Å². The molecule has 2 aromatic carbocycles. The Balaban J connectivity index is 2.04. The van der Waals surface area contributed by atoms with Crippen molar-refractivity contribution in [3.63, 3.8) is 0 Å². The number of likely N-dealkylation sites (N-methyl/N-ethyl adjacent to an activating group) is 1. The third kappa shape index (κ3) is 2.59. The van der Waals surface area contributed by atoms with Crippen molar-refractivity contribution < 1.29 is 13.2 Å². The number of anilines is 2. The van der Waals surface area contributed by atoms with E-state index in [1.54, 1.807) is 49.2 Å². The second-order valence-corrected chi connectivity index (χ2v) is 7.29. The van der Waals surface area contributed by atoms with Crippen LogP contribution >= 0.6 is 0 Å². The van der Waals surface area contributed by atoms with Crippen LogP contribution in [-0.4, -0.2) is 27.9 Å². The molecule has 120 valence electrons. The van der Waals surface area contributed by atoms with Crippen molar-refractivity contribution in [2.75, 3.05) is 22.8 Å². The lowest BCUT2D eigenvalue weighted by Gasteiger charge is -2.23. The summed E-state index contributed by atoms with van der Waals surface area (Å²) in [4.78, 5) is 13.5. The van der Waals surface area contributed by atoms with E-state index in [0.29, 0.717) is 12.2 Å². The zero-order valence-electron chi connectivity index (χ0n) is 13.1. The highest BCUT2D eigenvalue weighted by atomic mass is 32.2. The van der Waals surface area contributed by atoms with Gasteiger partial charge in [-0.1, -0.05) is 18.2 Å². The van der Waals surface area contributed by atoms with Crippen LogP contribution in [0.2, 0.25) is 0 Å². The average molecular weight is 330 g/mol. The molecule has 0 saturated carbocycles. The Morgan fingerprint density at radius 3 is 2.48 bits per heavy atom. The number of hydrogen-bond acceptors (Lipinski definition) is 3. The van der Waals surface area contributed by atoms with Gasteiger partial charge in [-0.15, -0.1) is 0 Å². The van der Waals surface area contributed by atoms with E-state index in [1.165, 1.54) is 4.31 Å². The smallest absolute Gasteiger partial charge is 0.264 e. The molecule has 0 aliphatic carbocycles. The first-order valence-corrected chi connectivity index (χ1v) is 8.86. The quantitative estimate of drug-likeness (QED) is 0.865. The fraction of sp³-hybridized carbons (Fsp3) is 0.235. The second-order valence-electron chi connectivity index (χ2n) is 5.43. The number of hydrogen-bond donors (Lipinski definition) is 0. The first-order chi connectivity index (χ1) is 10.9. The molecule has 1 amide bonds. The van der Waals surface area contributed by atoms with Gasteiger partial charge >= 0.3 is 0 Å². The van der Waals surface area contributed by atoms with Gasteiger partial charge in [-0.3, -0.25) is 9.10 Å². The molecule has 1 aliphatic rings. The molecule has 0 saturated heterocycles. The summed E-state index contributed by atoms with van der Waals surface area (Å²) in [5.41, 5.74) is 2.16. The normalized spacial score (nSPS) is 14.0. The van der Waals surface area contributed by atoms with E-state index in [1.807, 2.05) is 18.2 Å². The molecule has 1 aliphatic heterocycles. The molecule has 0 N–H and O–H groups in total. The minimum atomic E-state index is -3.66. The number of nitrogens with zero attached hydrogens (tertiary/aromatic N) is 2. The van der Waals surface area contributed by atoms with Crippen molar-refractivity contribution in [3.8, 4) is 0 Å². The molecular weight excluding hydrogens is 312 g/mol. The molecule has 0 bridgehead atoms. The zero-order chi connectivity index (χ0) is 16.6. The van der Waals surface area contributed by atoms with Crippen LogP contribution in [0, 0.1) is 0 Å². The summed E-state index contributed by atoms with van der Waals surface area (Å²) in [6.45, 7) is 2.14. The average Bonchev–Trinajstić information content (AvgIpc) is 2.83. The highest BCUT2D eigenvalue weighted by Crippen LogP contribution is 2.31.